The number of imide groups is 1. The Morgan fingerprint density at radius 2 is 1.86 bits per heavy atom. The van der Waals surface area contributed by atoms with Crippen molar-refractivity contribution in [1.82, 2.24) is 5.32 Å². The van der Waals surface area contributed by atoms with E-state index in [2.05, 4.69) is 10.6 Å². The highest BCUT2D eigenvalue weighted by atomic mass is 16.5. The molecule has 7 heteroatoms. The molecular weight excluding hydrogens is 370 g/mol. The number of aryl methyl sites for hydroxylation is 1. The van der Waals surface area contributed by atoms with Crippen molar-refractivity contribution in [3.8, 4) is 11.5 Å². The van der Waals surface area contributed by atoms with Crippen LogP contribution >= 0.6 is 0 Å². The molecule has 1 unspecified atom stereocenters. The summed E-state index contributed by atoms with van der Waals surface area (Å²) in [5, 5.41) is 5.11. The molecular formula is C22H30N3O4+. The fourth-order valence-corrected chi connectivity index (χ4v) is 2.99. The van der Waals surface area contributed by atoms with Crippen LogP contribution in [-0.2, 0) is 11.3 Å². The van der Waals surface area contributed by atoms with E-state index in [9.17, 15) is 9.59 Å². The molecule has 0 radical (unpaired) electrons. The third-order valence-electron chi connectivity index (χ3n) is 4.60. The Bertz CT molecular complexity index is 867. The first kappa shape index (κ1) is 22.2. The molecule has 0 aliphatic rings. The predicted octanol–water partition coefficient (Wildman–Crippen LogP) is 2.07. The maximum Gasteiger partial charge on any atom is 0.326 e. The van der Waals surface area contributed by atoms with Gasteiger partial charge in [0.1, 0.15) is 6.54 Å². The van der Waals surface area contributed by atoms with Crippen molar-refractivity contribution in [2.24, 2.45) is 0 Å². The number of carbonyl (C=O) groups excluding carboxylic acids is 2. The second-order valence-corrected chi connectivity index (χ2v) is 6.98. The van der Waals surface area contributed by atoms with Gasteiger partial charge in [-0.3, -0.25) is 10.1 Å². The molecule has 0 aliphatic carbocycles. The molecule has 7 nitrogen and oxygen atoms in total. The zero-order valence-electron chi connectivity index (χ0n) is 17.7. The first-order chi connectivity index (χ1) is 13.8. The van der Waals surface area contributed by atoms with Crippen LogP contribution in [0, 0.1) is 13.8 Å². The lowest BCUT2D eigenvalue weighted by atomic mass is 10.1. The zero-order valence-corrected chi connectivity index (χ0v) is 17.7. The number of ether oxygens (including phenoxy) is 2. The summed E-state index contributed by atoms with van der Waals surface area (Å²) in [5.74, 6) is 1.01. The molecule has 1 atom stereocenters. The summed E-state index contributed by atoms with van der Waals surface area (Å²) < 4.78 is 10.9. The number of hydrogen-bond acceptors (Lipinski definition) is 4. The Kier molecular flexibility index (Phi) is 8.03. The van der Waals surface area contributed by atoms with Gasteiger partial charge in [-0.25, -0.2) is 4.79 Å². The van der Waals surface area contributed by atoms with Gasteiger partial charge in [-0.2, -0.15) is 0 Å². The molecule has 0 saturated heterocycles. The van der Waals surface area contributed by atoms with Crippen LogP contribution in [0.2, 0.25) is 0 Å². The van der Waals surface area contributed by atoms with Gasteiger partial charge in [0.25, 0.3) is 5.91 Å². The van der Waals surface area contributed by atoms with Gasteiger partial charge in [-0.05, 0) is 56.2 Å². The number of hydrogen-bond donors (Lipinski definition) is 3. The van der Waals surface area contributed by atoms with E-state index in [0.717, 1.165) is 21.6 Å². The maximum absolute atomic E-state index is 12.2. The molecule has 0 saturated carbocycles. The number of nitrogens with one attached hydrogen (secondary N) is 3. The van der Waals surface area contributed by atoms with Gasteiger partial charge in [0.2, 0.25) is 0 Å². The first-order valence-electron chi connectivity index (χ1n) is 9.62. The molecule has 2 aromatic rings. The highest BCUT2D eigenvalue weighted by Crippen LogP contribution is 2.27. The van der Waals surface area contributed by atoms with Crippen LogP contribution in [0.3, 0.4) is 0 Å². The van der Waals surface area contributed by atoms with E-state index in [1.165, 1.54) is 0 Å². The molecule has 3 amide bonds. The molecule has 0 spiro atoms. The molecule has 0 aromatic heterocycles. The average molecular weight is 400 g/mol. The Hall–Kier alpha value is -3.06. The highest BCUT2D eigenvalue weighted by Gasteiger charge is 2.15. The Balaban J connectivity index is 1.88. The largest absolute Gasteiger partial charge is 0.493 e. The molecule has 156 valence electrons. The molecule has 29 heavy (non-hydrogen) atoms. The average Bonchev–Trinajstić information content (AvgIpc) is 2.66. The number of likely N-dealkylation sites (N-methyl/N-ethyl adjacent to an activating group) is 1. The van der Waals surface area contributed by atoms with Gasteiger partial charge >= 0.3 is 6.03 Å². The van der Waals surface area contributed by atoms with Crippen LogP contribution < -0.4 is 25.0 Å². The number of methoxy groups -OCH3 is 1. The molecule has 3 N–H and O–H groups in total. The monoisotopic (exact) mass is 400 g/mol. The van der Waals surface area contributed by atoms with Gasteiger partial charge in [0.15, 0.2) is 18.0 Å². The van der Waals surface area contributed by atoms with E-state index in [-0.39, 0.29) is 12.5 Å². The summed E-state index contributed by atoms with van der Waals surface area (Å²) in [4.78, 5) is 25.3. The lowest BCUT2D eigenvalue weighted by molar-refractivity contribution is -0.885. The van der Waals surface area contributed by atoms with E-state index >= 15 is 0 Å². The van der Waals surface area contributed by atoms with Gasteiger partial charge in [-0.1, -0.05) is 12.1 Å². The molecule has 0 aliphatic heterocycles. The minimum absolute atomic E-state index is 0.162. The SMILES string of the molecule is CCOc1ccc(C[NH+](C)CC(=O)NC(=O)Nc2cccc(C)c2C)cc1OC. The smallest absolute Gasteiger partial charge is 0.326 e. The number of quaternary nitrogens is 1. The van der Waals surface area contributed by atoms with Crippen LogP contribution in [0.5, 0.6) is 11.5 Å². The highest BCUT2D eigenvalue weighted by molar-refractivity contribution is 6.01. The fraction of sp³-hybridized carbons (Fsp3) is 0.364. The van der Waals surface area contributed by atoms with E-state index < -0.39 is 6.03 Å². The Labute approximate surface area is 172 Å². The standard InChI is InChI=1S/C22H29N3O4/c1-6-29-19-11-10-17(12-20(19)28-5)13-25(4)14-21(26)24-22(27)23-18-9-7-8-15(2)16(18)3/h7-12H,6,13-14H2,1-5H3,(H2,23,24,26,27)/p+1. The van der Waals surface area contributed by atoms with Crippen molar-refractivity contribution in [3.05, 3.63) is 53.1 Å². The van der Waals surface area contributed by atoms with Crippen molar-refractivity contribution >= 4 is 17.6 Å². The zero-order chi connectivity index (χ0) is 21.4. The van der Waals surface area contributed by atoms with Gasteiger partial charge in [-0.15, -0.1) is 0 Å². The summed E-state index contributed by atoms with van der Waals surface area (Å²) in [5.41, 5.74) is 3.75. The normalized spacial score (nSPS) is 11.5. The van der Waals surface area contributed by atoms with Crippen LogP contribution in [0.25, 0.3) is 0 Å². The van der Waals surface area contributed by atoms with Crippen LogP contribution in [0.15, 0.2) is 36.4 Å². The summed E-state index contributed by atoms with van der Waals surface area (Å²) >= 11 is 0. The van der Waals surface area contributed by atoms with E-state index in [0.29, 0.717) is 30.3 Å². The Morgan fingerprint density at radius 1 is 1.10 bits per heavy atom. The van der Waals surface area contributed by atoms with Gasteiger partial charge in [0.05, 0.1) is 20.8 Å². The third kappa shape index (κ3) is 6.50. The second-order valence-electron chi connectivity index (χ2n) is 6.98. The number of amides is 3. The molecule has 0 fully saturated rings. The third-order valence-corrected chi connectivity index (χ3v) is 4.60. The number of benzene rings is 2. The quantitative estimate of drug-likeness (QED) is 0.634. The minimum atomic E-state index is -0.528. The maximum atomic E-state index is 12.2. The van der Waals surface area contributed by atoms with E-state index in [1.807, 2.05) is 64.2 Å². The number of urea groups is 1. The predicted molar refractivity (Wildman–Crippen MR) is 113 cm³/mol. The molecule has 0 bridgehead atoms. The fourth-order valence-electron chi connectivity index (χ4n) is 2.99. The second kappa shape index (κ2) is 10.5. The molecule has 2 rings (SSSR count). The first-order valence-corrected chi connectivity index (χ1v) is 9.62. The number of rotatable bonds is 8. The lowest BCUT2D eigenvalue weighted by Gasteiger charge is -2.16. The van der Waals surface area contributed by atoms with Crippen LogP contribution in [0.4, 0.5) is 10.5 Å². The van der Waals surface area contributed by atoms with Crippen molar-refractivity contribution in [2.75, 3.05) is 32.6 Å². The van der Waals surface area contributed by atoms with Gasteiger partial charge < -0.3 is 19.7 Å². The lowest BCUT2D eigenvalue weighted by Crippen LogP contribution is -3.09. The summed E-state index contributed by atoms with van der Waals surface area (Å²) in [6.07, 6.45) is 0. The van der Waals surface area contributed by atoms with Gasteiger partial charge in [0, 0.05) is 11.3 Å². The minimum Gasteiger partial charge on any atom is -0.493 e. The summed E-state index contributed by atoms with van der Waals surface area (Å²) in [6, 6.07) is 10.8. The van der Waals surface area contributed by atoms with E-state index in [4.69, 9.17) is 9.47 Å². The summed E-state index contributed by atoms with van der Waals surface area (Å²) in [6.45, 7) is 7.14. The molecule has 2 aromatic carbocycles. The van der Waals surface area contributed by atoms with Crippen molar-refractivity contribution in [2.45, 2.75) is 27.3 Å². The van der Waals surface area contributed by atoms with Crippen LogP contribution in [-0.4, -0.2) is 39.2 Å². The van der Waals surface area contributed by atoms with Crippen LogP contribution in [0.1, 0.15) is 23.6 Å². The topological polar surface area (TPSA) is 81.1 Å². The number of carbonyl (C=O) groups is 2. The molecule has 0 heterocycles. The van der Waals surface area contributed by atoms with Crippen molar-refractivity contribution < 1.29 is 24.0 Å². The Morgan fingerprint density at radius 3 is 2.55 bits per heavy atom. The van der Waals surface area contributed by atoms with Crippen molar-refractivity contribution in [3.63, 3.8) is 0 Å². The number of anilines is 1. The van der Waals surface area contributed by atoms with E-state index in [1.54, 1.807) is 7.11 Å². The summed E-state index contributed by atoms with van der Waals surface area (Å²) in [7, 11) is 3.49. The van der Waals surface area contributed by atoms with Crippen molar-refractivity contribution in [1.29, 1.82) is 0 Å².